The Morgan fingerprint density at radius 2 is 1.25 bits per heavy atom. The van der Waals surface area contributed by atoms with E-state index in [-0.39, 0.29) is 0 Å². The summed E-state index contributed by atoms with van der Waals surface area (Å²) in [5.41, 5.74) is 0. The highest BCUT2D eigenvalue weighted by Crippen LogP contribution is 2.23. The Hall–Kier alpha value is -0.160. The molecule has 0 bridgehead atoms. The second kappa shape index (κ2) is 3.30. The molecule has 60 valence electrons. The second-order valence-corrected chi connectivity index (χ2v) is 5.77. The molecule has 1 aromatic heterocycles. The Balaban J connectivity index is 3.16. The molecule has 2 aromatic rings. The fourth-order valence-electron chi connectivity index (χ4n) is 1.00. The molecule has 1 aromatic carbocycles. The van der Waals surface area contributed by atoms with Gasteiger partial charge in [0.05, 0.1) is 0 Å². The van der Waals surface area contributed by atoms with Gasteiger partial charge in [0.2, 0.25) is 0 Å². The van der Waals surface area contributed by atoms with E-state index in [1.54, 1.807) is 20.7 Å². The maximum Gasteiger partial charge on any atom is 0.108 e. The summed E-state index contributed by atoms with van der Waals surface area (Å²) in [5.74, 6) is 0. The fourth-order valence-corrected chi connectivity index (χ4v) is 3.65. The van der Waals surface area contributed by atoms with Crippen molar-refractivity contribution in [2.75, 3.05) is 0 Å². The van der Waals surface area contributed by atoms with Crippen LogP contribution in [0.3, 0.4) is 0 Å². The molecular formula is C8H4S4. The minimum Gasteiger partial charge on any atom is -0.0666 e. The molecule has 0 aliphatic rings. The first-order valence-corrected chi connectivity index (χ1v) is 6.28. The van der Waals surface area contributed by atoms with Crippen molar-refractivity contribution in [2.24, 2.45) is 0 Å². The first-order valence-electron chi connectivity index (χ1n) is 3.31. The molecule has 0 fully saturated rings. The van der Waals surface area contributed by atoms with E-state index in [1.165, 1.54) is 0 Å². The largest absolute Gasteiger partial charge is 0.108 e. The van der Waals surface area contributed by atoms with Crippen LogP contribution in [-0.2, 0) is 0 Å². The van der Waals surface area contributed by atoms with E-state index in [2.05, 4.69) is 0 Å². The molecular weight excluding hydrogens is 224 g/mol. The highest BCUT2D eigenvalue weighted by atomic mass is 32.9. The summed E-state index contributed by atoms with van der Waals surface area (Å²) in [5, 5.41) is 2.22. The summed E-state index contributed by atoms with van der Waals surface area (Å²) in [7, 11) is 3.15. The van der Waals surface area contributed by atoms with Gasteiger partial charge in [-0.3, -0.25) is 0 Å². The third-order valence-electron chi connectivity index (χ3n) is 1.56. The first-order chi connectivity index (χ1) is 5.79. The van der Waals surface area contributed by atoms with Crippen molar-refractivity contribution < 1.29 is 0 Å². The van der Waals surface area contributed by atoms with Crippen LogP contribution in [0.4, 0.5) is 0 Å². The molecule has 12 heavy (non-hydrogen) atoms. The predicted octanol–water partition coefficient (Wildman–Crippen LogP) is 4.42. The molecule has 0 aliphatic carbocycles. The van der Waals surface area contributed by atoms with E-state index in [1.807, 2.05) is 24.3 Å². The van der Waals surface area contributed by atoms with Gasteiger partial charge in [0.15, 0.2) is 0 Å². The van der Waals surface area contributed by atoms with Crippen molar-refractivity contribution >= 4 is 55.9 Å². The number of hydrogen-bond donors (Lipinski definition) is 0. The van der Waals surface area contributed by atoms with Crippen LogP contribution in [0.1, 0.15) is 0 Å². The van der Waals surface area contributed by atoms with Crippen LogP contribution < -0.4 is 0 Å². The van der Waals surface area contributed by atoms with E-state index in [9.17, 15) is 0 Å². The van der Waals surface area contributed by atoms with E-state index in [0.717, 1.165) is 18.4 Å². The Morgan fingerprint density at radius 3 is 1.67 bits per heavy atom. The van der Waals surface area contributed by atoms with Crippen LogP contribution in [0.2, 0.25) is 0 Å². The van der Waals surface area contributed by atoms with Crippen molar-refractivity contribution in [1.82, 2.24) is 0 Å². The molecule has 2 rings (SSSR count). The minimum atomic E-state index is 0.934. The maximum atomic E-state index is 5.20. The van der Waals surface area contributed by atoms with Crippen LogP contribution >= 0.6 is 45.1 Å². The van der Waals surface area contributed by atoms with Gasteiger partial charge in [-0.1, -0.05) is 69.4 Å². The monoisotopic (exact) mass is 228 g/mol. The van der Waals surface area contributed by atoms with Crippen molar-refractivity contribution in [2.45, 2.75) is 0 Å². The summed E-state index contributed by atoms with van der Waals surface area (Å²) in [6, 6.07) is 8.03. The Labute approximate surface area is 87.5 Å². The zero-order valence-corrected chi connectivity index (χ0v) is 9.21. The highest BCUT2D eigenvalue weighted by molar-refractivity contribution is 7.82. The van der Waals surface area contributed by atoms with Gasteiger partial charge < -0.3 is 0 Å². The second-order valence-electron chi connectivity index (χ2n) is 2.29. The molecule has 0 nitrogen and oxygen atoms in total. The lowest BCUT2D eigenvalue weighted by atomic mass is 10.2. The fraction of sp³-hybridized carbons (Fsp3) is 0. The molecule has 0 spiro atoms. The van der Waals surface area contributed by atoms with Gasteiger partial charge >= 0.3 is 0 Å². The molecule has 0 aliphatic heterocycles. The Morgan fingerprint density at radius 1 is 0.833 bits per heavy atom. The average molecular weight is 228 g/mol. The van der Waals surface area contributed by atoms with Gasteiger partial charge in [0.1, 0.15) is 7.65 Å². The summed E-state index contributed by atoms with van der Waals surface area (Å²) < 4.78 is 1.87. The van der Waals surface area contributed by atoms with Crippen molar-refractivity contribution in [3.63, 3.8) is 0 Å². The quantitative estimate of drug-likeness (QED) is 0.483. The summed E-state index contributed by atoms with van der Waals surface area (Å²) >= 11 is 10.4. The van der Waals surface area contributed by atoms with Gasteiger partial charge in [-0.2, -0.15) is 0 Å². The van der Waals surface area contributed by atoms with E-state index in [4.69, 9.17) is 24.4 Å². The van der Waals surface area contributed by atoms with Crippen molar-refractivity contribution in [1.29, 1.82) is 0 Å². The van der Waals surface area contributed by atoms with E-state index < -0.39 is 0 Å². The highest BCUT2D eigenvalue weighted by Gasteiger charge is 1.95. The van der Waals surface area contributed by atoms with Gasteiger partial charge in [0.25, 0.3) is 0 Å². The first kappa shape index (κ1) is 8.44. The van der Waals surface area contributed by atoms with Gasteiger partial charge in [-0.25, -0.2) is 0 Å². The smallest absolute Gasteiger partial charge is 0.0666 e. The van der Waals surface area contributed by atoms with Crippen LogP contribution in [0.5, 0.6) is 0 Å². The Kier molecular flexibility index (Phi) is 2.32. The van der Waals surface area contributed by atoms with E-state index in [0.29, 0.717) is 0 Å². The third-order valence-corrected chi connectivity index (χ3v) is 5.21. The van der Waals surface area contributed by atoms with Gasteiger partial charge in [-0.05, 0) is 0 Å². The lowest BCUT2D eigenvalue weighted by Crippen LogP contribution is -1.68. The molecule has 0 saturated carbocycles. The summed E-state index contributed by atoms with van der Waals surface area (Å²) in [6.45, 7) is 0. The minimum absolute atomic E-state index is 0.934. The predicted molar refractivity (Wildman–Crippen MR) is 61.4 cm³/mol. The zero-order chi connectivity index (χ0) is 8.55. The molecule has 0 saturated heterocycles. The van der Waals surface area contributed by atoms with Gasteiger partial charge in [0, 0.05) is 10.8 Å². The van der Waals surface area contributed by atoms with Gasteiger partial charge in [-0.15, -0.1) is 0 Å². The third kappa shape index (κ3) is 1.35. The molecule has 4 heteroatoms. The maximum absolute atomic E-state index is 5.20. The average Bonchev–Trinajstić information content (AvgIpc) is 2.12. The zero-order valence-electron chi connectivity index (χ0n) is 5.94. The number of rotatable bonds is 0. The lowest BCUT2D eigenvalue weighted by Gasteiger charge is -1.93. The molecule has 0 radical (unpaired) electrons. The SMILES string of the molecule is S=c1ssc(=S)c2ccccc12. The standard InChI is InChI=1S/C8H4S4/c9-7-5-3-1-2-4-6(5)8(10)12-11-7/h1-4H. The van der Waals surface area contributed by atoms with Crippen LogP contribution in [-0.4, -0.2) is 0 Å². The summed E-state index contributed by atoms with van der Waals surface area (Å²) in [4.78, 5) is 0. The molecule has 0 N–H and O–H groups in total. The summed E-state index contributed by atoms with van der Waals surface area (Å²) in [6.07, 6.45) is 0. The lowest BCUT2D eigenvalue weighted by molar-refractivity contribution is 1.82. The van der Waals surface area contributed by atoms with E-state index >= 15 is 0 Å². The molecule has 0 amide bonds. The Bertz CT molecular complexity index is 472. The van der Waals surface area contributed by atoms with Crippen molar-refractivity contribution in [3.05, 3.63) is 31.9 Å². The van der Waals surface area contributed by atoms with Crippen LogP contribution in [0, 0.1) is 7.65 Å². The van der Waals surface area contributed by atoms with Crippen molar-refractivity contribution in [3.8, 4) is 0 Å². The topological polar surface area (TPSA) is 0 Å². The normalized spacial score (nSPS) is 10.3. The number of hydrogen-bond acceptors (Lipinski definition) is 4. The number of fused-ring (bicyclic) bond motifs is 1. The molecule has 0 unspecified atom stereocenters. The van der Waals surface area contributed by atoms with Crippen LogP contribution in [0.25, 0.3) is 10.8 Å². The molecule has 1 heterocycles. The molecule has 0 atom stereocenters. The van der Waals surface area contributed by atoms with Crippen LogP contribution in [0.15, 0.2) is 24.3 Å². The number of benzene rings is 1.